The first kappa shape index (κ1) is 16.0. The molecule has 0 aliphatic heterocycles. The molecule has 0 radical (unpaired) electrons. The second kappa shape index (κ2) is 6.93. The molecule has 0 saturated heterocycles. The fourth-order valence-corrected chi connectivity index (χ4v) is 1.97. The number of amides is 2. The third-order valence-electron chi connectivity index (χ3n) is 3.38. The Morgan fingerprint density at radius 3 is 2.40 bits per heavy atom. The number of rotatable bonds is 5. The molecule has 110 valence electrons. The van der Waals surface area contributed by atoms with Gasteiger partial charge in [-0.15, -0.1) is 0 Å². The third kappa shape index (κ3) is 3.98. The summed E-state index contributed by atoms with van der Waals surface area (Å²) in [6, 6.07) is 7.25. The van der Waals surface area contributed by atoms with E-state index in [0.717, 1.165) is 11.3 Å². The molecule has 1 rings (SSSR count). The van der Waals surface area contributed by atoms with E-state index in [0.29, 0.717) is 0 Å². The number of carboxylic acid groups (broad SMARTS) is 1. The van der Waals surface area contributed by atoms with Gasteiger partial charge in [-0.2, -0.15) is 0 Å². The molecule has 0 spiro atoms. The fourth-order valence-electron chi connectivity index (χ4n) is 1.97. The van der Waals surface area contributed by atoms with Crippen molar-refractivity contribution in [2.45, 2.75) is 20.8 Å². The van der Waals surface area contributed by atoms with Crippen molar-refractivity contribution in [3.05, 3.63) is 29.8 Å². The first-order valence-corrected chi connectivity index (χ1v) is 6.64. The summed E-state index contributed by atoms with van der Waals surface area (Å²) >= 11 is 0. The topological polar surface area (TPSA) is 69.6 Å². The monoisotopic (exact) mass is 278 g/mol. The second-order valence-corrected chi connectivity index (χ2v) is 5.22. The average molecular weight is 278 g/mol. The molecule has 2 amide bonds. The lowest BCUT2D eigenvalue weighted by atomic mass is 9.96. The number of benzene rings is 1. The predicted molar refractivity (Wildman–Crippen MR) is 78.9 cm³/mol. The van der Waals surface area contributed by atoms with Crippen molar-refractivity contribution in [3.63, 3.8) is 0 Å². The smallest absolute Gasteiger partial charge is 0.321 e. The van der Waals surface area contributed by atoms with E-state index in [-0.39, 0.29) is 18.5 Å². The molecule has 5 nitrogen and oxygen atoms in total. The van der Waals surface area contributed by atoms with Crippen LogP contribution in [0, 0.1) is 18.8 Å². The summed E-state index contributed by atoms with van der Waals surface area (Å²) in [7, 11) is 1.67. The van der Waals surface area contributed by atoms with Crippen molar-refractivity contribution in [1.82, 2.24) is 5.32 Å². The van der Waals surface area contributed by atoms with E-state index in [4.69, 9.17) is 5.11 Å². The Bertz CT molecular complexity index is 486. The molecule has 0 saturated carbocycles. The van der Waals surface area contributed by atoms with Crippen LogP contribution in [0.15, 0.2) is 24.3 Å². The predicted octanol–water partition coefficient (Wildman–Crippen LogP) is 2.50. The lowest BCUT2D eigenvalue weighted by Gasteiger charge is -2.22. The Labute approximate surface area is 119 Å². The minimum atomic E-state index is -0.890. The van der Waals surface area contributed by atoms with Gasteiger partial charge in [-0.3, -0.25) is 9.69 Å². The lowest BCUT2D eigenvalue weighted by Crippen LogP contribution is -2.42. The molecule has 0 bridgehead atoms. The van der Waals surface area contributed by atoms with Crippen LogP contribution in [-0.4, -0.2) is 30.7 Å². The zero-order chi connectivity index (χ0) is 15.3. The number of carbonyl (C=O) groups is 2. The van der Waals surface area contributed by atoms with Gasteiger partial charge in [0.2, 0.25) is 0 Å². The normalized spacial score (nSPS) is 12.1. The molecule has 1 aromatic rings. The molecule has 0 aliphatic carbocycles. The second-order valence-electron chi connectivity index (χ2n) is 5.22. The van der Waals surface area contributed by atoms with Crippen LogP contribution >= 0.6 is 0 Å². The number of aliphatic carboxylic acids is 1. The zero-order valence-electron chi connectivity index (χ0n) is 12.4. The molecule has 0 aromatic heterocycles. The number of hydrogen-bond donors (Lipinski definition) is 2. The number of carbonyl (C=O) groups excluding carboxylic acids is 1. The molecule has 5 heteroatoms. The highest BCUT2D eigenvalue weighted by Gasteiger charge is 2.23. The van der Waals surface area contributed by atoms with E-state index in [1.54, 1.807) is 7.05 Å². The van der Waals surface area contributed by atoms with Gasteiger partial charge in [0.25, 0.3) is 0 Å². The fraction of sp³-hybridized carbons (Fsp3) is 0.467. The quantitative estimate of drug-likeness (QED) is 0.869. The molecule has 1 unspecified atom stereocenters. The molecular formula is C15H22N2O3. The molecular weight excluding hydrogens is 256 g/mol. The SMILES string of the molecule is Cc1ccccc1N(C)C(=O)NCC(C(=O)O)C(C)C. The van der Waals surface area contributed by atoms with Crippen LogP contribution in [0.3, 0.4) is 0 Å². The number of anilines is 1. The Kier molecular flexibility index (Phi) is 5.55. The Balaban J connectivity index is 2.67. The first-order chi connectivity index (χ1) is 9.34. The third-order valence-corrected chi connectivity index (χ3v) is 3.38. The van der Waals surface area contributed by atoms with E-state index in [9.17, 15) is 9.59 Å². The van der Waals surface area contributed by atoms with Gasteiger partial charge in [0, 0.05) is 19.3 Å². The molecule has 1 atom stereocenters. The van der Waals surface area contributed by atoms with Gasteiger partial charge in [-0.05, 0) is 24.5 Å². The number of nitrogens with zero attached hydrogens (tertiary/aromatic N) is 1. The number of para-hydroxylation sites is 1. The maximum atomic E-state index is 12.1. The number of aryl methyl sites for hydroxylation is 1. The van der Waals surface area contributed by atoms with Crippen LogP contribution in [-0.2, 0) is 4.79 Å². The first-order valence-electron chi connectivity index (χ1n) is 6.64. The van der Waals surface area contributed by atoms with Crippen LogP contribution < -0.4 is 10.2 Å². The van der Waals surface area contributed by atoms with Crippen molar-refractivity contribution in [1.29, 1.82) is 0 Å². The van der Waals surface area contributed by atoms with Gasteiger partial charge in [0.1, 0.15) is 0 Å². The minimum absolute atomic E-state index is 0.0310. The van der Waals surface area contributed by atoms with Gasteiger partial charge >= 0.3 is 12.0 Å². The summed E-state index contributed by atoms with van der Waals surface area (Å²) in [6.45, 7) is 5.71. The van der Waals surface area contributed by atoms with Crippen LogP contribution in [0.25, 0.3) is 0 Å². The molecule has 2 N–H and O–H groups in total. The van der Waals surface area contributed by atoms with E-state index in [1.165, 1.54) is 4.90 Å². The van der Waals surface area contributed by atoms with Crippen LogP contribution in [0.2, 0.25) is 0 Å². The Hall–Kier alpha value is -2.04. The van der Waals surface area contributed by atoms with Crippen LogP contribution in [0.5, 0.6) is 0 Å². The maximum Gasteiger partial charge on any atom is 0.321 e. The van der Waals surface area contributed by atoms with Gasteiger partial charge in [0.15, 0.2) is 0 Å². The van der Waals surface area contributed by atoms with Crippen molar-refractivity contribution in [2.24, 2.45) is 11.8 Å². The minimum Gasteiger partial charge on any atom is -0.481 e. The van der Waals surface area contributed by atoms with Crippen molar-refractivity contribution in [2.75, 3.05) is 18.5 Å². The van der Waals surface area contributed by atoms with Crippen molar-refractivity contribution >= 4 is 17.7 Å². The maximum absolute atomic E-state index is 12.1. The summed E-state index contributed by atoms with van der Waals surface area (Å²) in [6.07, 6.45) is 0. The molecule has 0 aliphatic rings. The van der Waals surface area contributed by atoms with E-state index >= 15 is 0 Å². The standard InChI is InChI=1S/C15H22N2O3/c1-10(2)12(14(18)19)9-16-15(20)17(4)13-8-6-5-7-11(13)3/h5-8,10,12H,9H2,1-4H3,(H,16,20)(H,18,19). The highest BCUT2D eigenvalue weighted by molar-refractivity contribution is 5.92. The van der Waals surface area contributed by atoms with E-state index in [2.05, 4.69) is 5.32 Å². The van der Waals surface area contributed by atoms with Gasteiger partial charge < -0.3 is 10.4 Å². The zero-order valence-corrected chi connectivity index (χ0v) is 12.4. The van der Waals surface area contributed by atoms with Gasteiger partial charge in [-0.1, -0.05) is 32.0 Å². The molecule has 20 heavy (non-hydrogen) atoms. The van der Waals surface area contributed by atoms with E-state index < -0.39 is 11.9 Å². The molecule has 0 heterocycles. The number of carboxylic acids is 1. The van der Waals surface area contributed by atoms with Crippen LogP contribution in [0.1, 0.15) is 19.4 Å². The summed E-state index contributed by atoms with van der Waals surface area (Å²) in [4.78, 5) is 24.6. The van der Waals surface area contributed by atoms with E-state index in [1.807, 2.05) is 45.0 Å². The highest BCUT2D eigenvalue weighted by atomic mass is 16.4. The van der Waals surface area contributed by atoms with Gasteiger partial charge in [-0.25, -0.2) is 4.79 Å². The lowest BCUT2D eigenvalue weighted by molar-refractivity contribution is -0.142. The number of hydrogen-bond acceptors (Lipinski definition) is 2. The summed E-state index contributed by atoms with van der Waals surface area (Å²) in [5, 5.41) is 11.8. The summed E-state index contributed by atoms with van der Waals surface area (Å²) in [5.74, 6) is -1.50. The van der Waals surface area contributed by atoms with Crippen molar-refractivity contribution in [3.8, 4) is 0 Å². The summed E-state index contributed by atoms with van der Waals surface area (Å²) < 4.78 is 0. The number of urea groups is 1. The molecule has 1 aromatic carbocycles. The summed E-state index contributed by atoms with van der Waals surface area (Å²) in [5.41, 5.74) is 1.80. The Morgan fingerprint density at radius 2 is 1.90 bits per heavy atom. The Morgan fingerprint density at radius 1 is 1.30 bits per heavy atom. The van der Waals surface area contributed by atoms with Crippen LogP contribution in [0.4, 0.5) is 10.5 Å². The average Bonchev–Trinajstić information content (AvgIpc) is 2.37. The van der Waals surface area contributed by atoms with Crippen molar-refractivity contribution < 1.29 is 14.7 Å². The number of nitrogens with one attached hydrogen (secondary N) is 1. The molecule has 0 fully saturated rings. The van der Waals surface area contributed by atoms with Gasteiger partial charge in [0.05, 0.1) is 5.92 Å². The largest absolute Gasteiger partial charge is 0.481 e. The highest BCUT2D eigenvalue weighted by Crippen LogP contribution is 2.18.